The van der Waals surface area contributed by atoms with Gasteiger partial charge in [0.05, 0.1) is 0 Å². The molecule has 0 aromatic rings. The molecule has 0 amide bonds. The minimum Gasteiger partial charge on any atom is -0.114 e. The summed E-state index contributed by atoms with van der Waals surface area (Å²) in [5.74, 6) is 0. The highest BCUT2D eigenvalue weighted by Gasteiger charge is 1.94. The first-order valence-electron chi connectivity index (χ1n) is 10.3. The van der Waals surface area contributed by atoms with Gasteiger partial charge in [-0.05, 0) is 12.6 Å². The van der Waals surface area contributed by atoms with Crippen molar-refractivity contribution in [1.82, 2.24) is 0 Å². The van der Waals surface area contributed by atoms with Crippen LogP contribution in [0.3, 0.4) is 0 Å². The standard InChI is InChI=1S/C19H42P2/c1-2-3-4-5-6-7-8-9-10-11-12-13-14-15-16-17-18-19-21-20/h21H,2-20H2,1H3/i1D. The molecular weight excluding hydrogens is 290 g/mol. The second-order valence-electron chi connectivity index (χ2n) is 6.46. The topological polar surface area (TPSA) is 0 Å². The molecule has 0 heterocycles. The lowest BCUT2D eigenvalue weighted by Gasteiger charge is -2.03. The fourth-order valence-corrected chi connectivity index (χ4v) is 3.95. The molecule has 0 aliphatic carbocycles. The molecule has 0 fully saturated rings. The SMILES string of the molecule is [2H]CCCCCCCCCCCCCCCCCCCPP. The van der Waals surface area contributed by atoms with E-state index in [1.807, 2.05) is 0 Å². The van der Waals surface area contributed by atoms with Crippen LogP contribution in [0.1, 0.15) is 117 Å². The van der Waals surface area contributed by atoms with Crippen LogP contribution in [0.2, 0.25) is 0 Å². The van der Waals surface area contributed by atoms with Crippen LogP contribution in [0.15, 0.2) is 0 Å². The zero-order chi connectivity index (χ0) is 16.1. The van der Waals surface area contributed by atoms with Gasteiger partial charge in [-0.1, -0.05) is 110 Å². The van der Waals surface area contributed by atoms with Gasteiger partial charge in [-0.15, -0.1) is 17.2 Å². The average molecular weight is 333 g/mol. The van der Waals surface area contributed by atoms with E-state index < -0.39 is 0 Å². The Morgan fingerprint density at radius 1 is 0.571 bits per heavy atom. The molecule has 0 rings (SSSR count). The third-order valence-corrected chi connectivity index (χ3v) is 5.83. The van der Waals surface area contributed by atoms with Gasteiger partial charge in [-0.25, -0.2) is 0 Å². The van der Waals surface area contributed by atoms with Crippen LogP contribution in [0, 0.1) is 0 Å². The number of unbranched alkanes of at least 4 members (excludes halogenated alkanes) is 16. The van der Waals surface area contributed by atoms with Crippen molar-refractivity contribution in [3.63, 3.8) is 0 Å². The van der Waals surface area contributed by atoms with Crippen molar-refractivity contribution in [2.75, 3.05) is 6.16 Å². The summed E-state index contributed by atoms with van der Waals surface area (Å²) >= 11 is 0. The predicted octanol–water partition coefficient (Wildman–Crippen LogP) is 8.11. The molecule has 21 heavy (non-hydrogen) atoms. The average Bonchev–Trinajstić information content (AvgIpc) is 2.54. The molecule has 0 saturated heterocycles. The predicted molar refractivity (Wildman–Crippen MR) is 107 cm³/mol. The van der Waals surface area contributed by atoms with E-state index in [9.17, 15) is 0 Å². The summed E-state index contributed by atoms with van der Waals surface area (Å²) in [4.78, 5) is 0. The molecule has 0 spiro atoms. The smallest absolute Gasteiger partial charge is 0.0230 e. The molecule has 0 nitrogen and oxygen atoms in total. The van der Waals surface area contributed by atoms with Crippen molar-refractivity contribution in [2.24, 2.45) is 0 Å². The van der Waals surface area contributed by atoms with E-state index in [2.05, 4.69) is 8.93 Å². The van der Waals surface area contributed by atoms with E-state index in [0.717, 1.165) is 14.7 Å². The Hall–Kier alpha value is 0.860. The Kier molecular flexibility index (Phi) is 19.8. The maximum Gasteiger partial charge on any atom is 0.0230 e. The summed E-state index contributed by atoms with van der Waals surface area (Å²) < 4.78 is 7.10. The maximum atomic E-state index is 7.10. The van der Waals surface area contributed by atoms with Crippen molar-refractivity contribution < 1.29 is 1.37 Å². The van der Waals surface area contributed by atoms with Crippen LogP contribution in [0.25, 0.3) is 0 Å². The molecule has 2 heteroatoms. The molecule has 128 valence electrons. The third kappa shape index (κ3) is 20.9. The first-order valence-corrected chi connectivity index (χ1v) is 12.7. The summed E-state index contributed by atoms with van der Waals surface area (Å²) in [5.41, 5.74) is 0. The molecule has 2 atom stereocenters. The fourth-order valence-electron chi connectivity index (χ4n) is 2.88. The van der Waals surface area contributed by atoms with Crippen LogP contribution >= 0.6 is 17.2 Å². The summed E-state index contributed by atoms with van der Waals surface area (Å²) in [6, 6.07) is 0. The van der Waals surface area contributed by atoms with E-state index in [-0.39, 0.29) is 0 Å². The second-order valence-corrected chi connectivity index (χ2v) is 8.60. The van der Waals surface area contributed by atoms with Crippen molar-refractivity contribution in [3.8, 4) is 0 Å². The molecule has 0 bridgehead atoms. The highest BCUT2D eigenvalue weighted by molar-refractivity contribution is 8.02. The van der Waals surface area contributed by atoms with Crippen LogP contribution in [-0.4, -0.2) is 6.16 Å². The van der Waals surface area contributed by atoms with Crippen LogP contribution in [0.5, 0.6) is 0 Å². The first kappa shape index (κ1) is 19.9. The lowest BCUT2D eigenvalue weighted by Crippen LogP contribution is -1.84. The van der Waals surface area contributed by atoms with Crippen LogP contribution < -0.4 is 0 Å². The Bertz CT molecular complexity index is 168. The molecule has 0 aromatic carbocycles. The molecule has 2 unspecified atom stereocenters. The molecule has 0 aromatic heterocycles. The molecule has 0 saturated carbocycles. The third-order valence-electron chi connectivity index (χ3n) is 4.32. The van der Waals surface area contributed by atoms with E-state index in [1.165, 1.54) is 109 Å². The minimum atomic E-state index is 0.623. The van der Waals surface area contributed by atoms with E-state index in [0.29, 0.717) is 6.90 Å². The van der Waals surface area contributed by atoms with Crippen molar-refractivity contribution in [2.45, 2.75) is 116 Å². The largest absolute Gasteiger partial charge is 0.114 e. The highest BCUT2D eigenvalue weighted by Crippen LogP contribution is 2.22. The van der Waals surface area contributed by atoms with Gasteiger partial charge in [0.25, 0.3) is 0 Å². The van der Waals surface area contributed by atoms with Crippen molar-refractivity contribution in [3.05, 3.63) is 0 Å². The molecule has 0 aliphatic heterocycles. The summed E-state index contributed by atoms with van der Waals surface area (Å²) in [5, 5.41) is 0. The highest BCUT2D eigenvalue weighted by atomic mass is 32.0. The summed E-state index contributed by atoms with van der Waals surface area (Å²) in [6.07, 6.45) is 25.6. The number of rotatable bonds is 18. The van der Waals surface area contributed by atoms with Gasteiger partial charge >= 0.3 is 0 Å². The molecule has 0 aliphatic rings. The van der Waals surface area contributed by atoms with E-state index in [4.69, 9.17) is 1.37 Å². The van der Waals surface area contributed by atoms with E-state index >= 15 is 0 Å². The van der Waals surface area contributed by atoms with Gasteiger partial charge in [-0.3, -0.25) is 0 Å². The Labute approximate surface area is 141 Å². The van der Waals surface area contributed by atoms with Gasteiger partial charge in [0.2, 0.25) is 0 Å². The number of hydrogen-bond donors (Lipinski definition) is 0. The van der Waals surface area contributed by atoms with Crippen LogP contribution in [-0.2, 0) is 0 Å². The van der Waals surface area contributed by atoms with Gasteiger partial charge in [0, 0.05) is 1.37 Å². The zero-order valence-corrected chi connectivity index (χ0v) is 16.7. The summed E-state index contributed by atoms with van der Waals surface area (Å²) in [7, 11) is 3.93. The van der Waals surface area contributed by atoms with Crippen LogP contribution in [0.4, 0.5) is 0 Å². The zero-order valence-electron chi connectivity index (χ0n) is 15.5. The normalized spacial score (nSPS) is 12.3. The lowest BCUT2D eigenvalue weighted by atomic mass is 10.0. The Morgan fingerprint density at radius 3 is 1.24 bits per heavy atom. The lowest BCUT2D eigenvalue weighted by molar-refractivity contribution is 0.529. The Balaban J connectivity index is 2.91. The van der Waals surface area contributed by atoms with Crippen molar-refractivity contribution >= 4 is 17.2 Å². The number of hydrogen-bond acceptors (Lipinski definition) is 0. The maximum absolute atomic E-state index is 7.10. The van der Waals surface area contributed by atoms with E-state index in [1.54, 1.807) is 0 Å². The fraction of sp³-hybridized carbons (Fsp3) is 1.00. The van der Waals surface area contributed by atoms with Gasteiger partial charge in [0.1, 0.15) is 0 Å². The molecular formula is C19H42P2. The van der Waals surface area contributed by atoms with Gasteiger partial charge in [-0.2, -0.15) is 0 Å². The Morgan fingerprint density at radius 2 is 0.905 bits per heavy atom. The van der Waals surface area contributed by atoms with Crippen molar-refractivity contribution in [1.29, 1.82) is 0 Å². The van der Waals surface area contributed by atoms with Gasteiger partial charge < -0.3 is 0 Å². The molecule has 0 N–H and O–H groups in total. The molecule has 0 radical (unpaired) electrons. The monoisotopic (exact) mass is 333 g/mol. The quantitative estimate of drug-likeness (QED) is 0.175. The first-order chi connectivity index (χ1) is 10.9. The second kappa shape index (κ2) is 20.9. The van der Waals surface area contributed by atoms with Gasteiger partial charge in [0.15, 0.2) is 0 Å². The minimum absolute atomic E-state index is 0.623. The summed E-state index contributed by atoms with van der Waals surface area (Å²) in [6.45, 7) is 0.623.